The molecule has 0 unspecified atom stereocenters. The lowest BCUT2D eigenvalue weighted by atomic mass is 10.1. The second-order valence-corrected chi connectivity index (χ2v) is 4.72. The van der Waals surface area contributed by atoms with Crippen LogP contribution < -0.4 is 5.32 Å². The minimum Gasteiger partial charge on any atom is -0.381 e. The minimum atomic E-state index is 0.853. The third-order valence-electron chi connectivity index (χ3n) is 3.55. The summed E-state index contributed by atoms with van der Waals surface area (Å²) < 4.78 is 0. The maximum Gasteiger partial charge on any atom is 0.0457 e. The van der Waals surface area contributed by atoms with Crippen molar-refractivity contribution in [1.82, 2.24) is 4.98 Å². The van der Waals surface area contributed by atoms with Crippen molar-refractivity contribution >= 4 is 16.6 Å². The van der Waals surface area contributed by atoms with Gasteiger partial charge in [-0.05, 0) is 35.7 Å². The van der Waals surface area contributed by atoms with E-state index in [-0.39, 0.29) is 0 Å². The molecule has 0 atom stereocenters. The summed E-state index contributed by atoms with van der Waals surface area (Å²) in [6, 6.07) is 17.0. The molecule has 0 bridgehead atoms. The molecule has 2 heteroatoms. The Labute approximate surface area is 113 Å². The first-order chi connectivity index (χ1) is 9.38. The molecule has 0 saturated carbocycles. The number of nitrogens with one attached hydrogen (secondary N) is 2. The van der Waals surface area contributed by atoms with Crippen molar-refractivity contribution in [2.24, 2.45) is 0 Å². The number of hydrogen-bond donors (Lipinski definition) is 2. The quantitative estimate of drug-likeness (QED) is 0.708. The summed E-state index contributed by atoms with van der Waals surface area (Å²) in [4.78, 5) is 3.25. The lowest BCUT2D eigenvalue weighted by Gasteiger charge is -2.11. The van der Waals surface area contributed by atoms with Crippen LogP contribution in [0.5, 0.6) is 0 Å². The first-order valence-corrected chi connectivity index (χ1v) is 6.75. The predicted molar refractivity (Wildman–Crippen MR) is 81.4 cm³/mol. The third kappa shape index (κ3) is 2.34. The number of aromatic nitrogens is 1. The summed E-state index contributed by atoms with van der Waals surface area (Å²) in [6.45, 7) is 3.04. The Kier molecular flexibility index (Phi) is 3.23. The maximum atomic E-state index is 3.55. The number of para-hydroxylation sites is 1. The summed E-state index contributed by atoms with van der Waals surface area (Å²) in [5.41, 5.74) is 5.12. The Bertz CT molecular complexity index is 682. The van der Waals surface area contributed by atoms with E-state index in [2.05, 4.69) is 65.8 Å². The molecule has 0 saturated heterocycles. The van der Waals surface area contributed by atoms with E-state index in [9.17, 15) is 0 Å². The SMILES string of the molecule is CCc1ccccc1NCc1cccc2[nH]ccc12. The van der Waals surface area contributed by atoms with Crippen LogP contribution in [0, 0.1) is 0 Å². The number of anilines is 1. The van der Waals surface area contributed by atoms with Gasteiger partial charge in [0.25, 0.3) is 0 Å². The van der Waals surface area contributed by atoms with Crippen LogP contribution in [0.4, 0.5) is 5.69 Å². The van der Waals surface area contributed by atoms with E-state index in [1.165, 1.54) is 27.7 Å². The first-order valence-electron chi connectivity index (χ1n) is 6.75. The van der Waals surface area contributed by atoms with E-state index >= 15 is 0 Å². The van der Waals surface area contributed by atoms with Gasteiger partial charge in [0.1, 0.15) is 0 Å². The van der Waals surface area contributed by atoms with Crippen LogP contribution in [-0.4, -0.2) is 4.98 Å². The zero-order valence-corrected chi connectivity index (χ0v) is 11.1. The van der Waals surface area contributed by atoms with Crippen LogP contribution in [0.15, 0.2) is 54.7 Å². The van der Waals surface area contributed by atoms with Crippen molar-refractivity contribution in [1.29, 1.82) is 0 Å². The summed E-state index contributed by atoms with van der Waals surface area (Å²) in [5, 5.41) is 4.84. The van der Waals surface area contributed by atoms with E-state index < -0.39 is 0 Å². The summed E-state index contributed by atoms with van der Waals surface area (Å²) in [5.74, 6) is 0. The Balaban J connectivity index is 1.84. The molecule has 0 spiro atoms. The first kappa shape index (κ1) is 11.8. The lowest BCUT2D eigenvalue weighted by Crippen LogP contribution is -2.02. The third-order valence-corrected chi connectivity index (χ3v) is 3.55. The van der Waals surface area contributed by atoms with Gasteiger partial charge < -0.3 is 10.3 Å². The molecule has 2 aromatic carbocycles. The van der Waals surface area contributed by atoms with E-state index in [4.69, 9.17) is 0 Å². The molecular weight excluding hydrogens is 232 g/mol. The van der Waals surface area contributed by atoms with Crippen LogP contribution in [-0.2, 0) is 13.0 Å². The number of aromatic amines is 1. The number of hydrogen-bond acceptors (Lipinski definition) is 1. The molecule has 0 radical (unpaired) electrons. The van der Waals surface area contributed by atoms with Crippen LogP contribution in [0.1, 0.15) is 18.1 Å². The lowest BCUT2D eigenvalue weighted by molar-refractivity contribution is 1.10. The minimum absolute atomic E-state index is 0.853. The topological polar surface area (TPSA) is 27.8 Å². The Hall–Kier alpha value is -2.22. The highest BCUT2D eigenvalue weighted by Gasteiger charge is 2.03. The van der Waals surface area contributed by atoms with E-state index in [0.29, 0.717) is 0 Å². The van der Waals surface area contributed by atoms with Gasteiger partial charge in [-0.1, -0.05) is 37.3 Å². The molecule has 0 fully saturated rings. The molecule has 2 N–H and O–H groups in total. The van der Waals surface area contributed by atoms with E-state index in [0.717, 1.165) is 13.0 Å². The van der Waals surface area contributed by atoms with Gasteiger partial charge >= 0.3 is 0 Å². The van der Waals surface area contributed by atoms with Crippen LogP contribution in [0.25, 0.3) is 10.9 Å². The molecule has 96 valence electrons. The van der Waals surface area contributed by atoms with Gasteiger partial charge in [0.05, 0.1) is 0 Å². The standard InChI is InChI=1S/C17H18N2/c1-2-13-6-3-4-8-16(13)19-12-14-7-5-9-17-15(14)10-11-18-17/h3-11,18-19H,2,12H2,1H3. The number of H-pyrrole nitrogens is 1. The molecule has 0 amide bonds. The normalized spacial score (nSPS) is 10.8. The largest absolute Gasteiger partial charge is 0.381 e. The molecule has 1 heterocycles. The zero-order valence-electron chi connectivity index (χ0n) is 11.1. The monoisotopic (exact) mass is 250 g/mol. The number of rotatable bonds is 4. The number of fused-ring (bicyclic) bond motifs is 1. The van der Waals surface area contributed by atoms with Gasteiger partial charge in [-0.25, -0.2) is 0 Å². The summed E-state index contributed by atoms with van der Waals surface area (Å²) in [6.07, 6.45) is 3.05. The number of benzene rings is 2. The van der Waals surface area contributed by atoms with Gasteiger partial charge in [-0.3, -0.25) is 0 Å². The highest BCUT2D eigenvalue weighted by molar-refractivity contribution is 5.83. The van der Waals surface area contributed by atoms with Crippen LogP contribution in [0.2, 0.25) is 0 Å². The van der Waals surface area contributed by atoms with Gasteiger partial charge in [0.2, 0.25) is 0 Å². The van der Waals surface area contributed by atoms with Gasteiger partial charge in [-0.2, -0.15) is 0 Å². The van der Waals surface area contributed by atoms with Crippen molar-refractivity contribution in [3.63, 3.8) is 0 Å². The van der Waals surface area contributed by atoms with E-state index in [1.807, 2.05) is 6.20 Å². The Morgan fingerprint density at radius 3 is 2.68 bits per heavy atom. The Morgan fingerprint density at radius 1 is 0.947 bits per heavy atom. The van der Waals surface area contributed by atoms with Gasteiger partial charge in [-0.15, -0.1) is 0 Å². The zero-order chi connectivity index (χ0) is 13.1. The van der Waals surface area contributed by atoms with Crippen LogP contribution in [0.3, 0.4) is 0 Å². The molecule has 0 aliphatic heterocycles. The average Bonchev–Trinajstić information content (AvgIpc) is 2.94. The molecule has 19 heavy (non-hydrogen) atoms. The van der Waals surface area contributed by atoms with Crippen molar-refractivity contribution in [2.45, 2.75) is 19.9 Å². The van der Waals surface area contributed by atoms with E-state index in [1.54, 1.807) is 0 Å². The molecular formula is C17H18N2. The summed E-state index contributed by atoms with van der Waals surface area (Å²) >= 11 is 0. The molecule has 0 aliphatic carbocycles. The molecule has 1 aromatic heterocycles. The molecule has 0 aliphatic rings. The molecule has 2 nitrogen and oxygen atoms in total. The van der Waals surface area contributed by atoms with Gasteiger partial charge in [0, 0.05) is 29.3 Å². The van der Waals surface area contributed by atoms with Crippen molar-refractivity contribution in [2.75, 3.05) is 5.32 Å². The highest BCUT2D eigenvalue weighted by Crippen LogP contribution is 2.20. The van der Waals surface area contributed by atoms with Crippen molar-refractivity contribution < 1.29 is 0 Å². The molecule has 3 aromatic rings. The fourth-order valence-electron chi connectivity index (χ4n) is 2.50. The van der Waals surface area contributed by atoms with Crippen LogP contribution >= 0.6 is 0 Å². The van der Waals surface area contributed by atoms with Crippen molar-refractivity contribution in [3.05, 3.63) is 65.9 Å². The maximum absolute atomic E-state index is 3.55. The smallest absolute Gasteiger partial charge is 0.0457 e. The summed E-state index contributed by atoms with van der Waals surface area (Å²) in [7, 11) is 0. The second kappa shape index (κ2) is 5.19. The second-order valence-electron chi connectivity index (χ2n) is 4.72. The number of aryl methyl sites for hydroxylation is 1. The fourth-order valence-corrected chi connectivity index (χ4v) is 2.50. The van der Waals surface area contributed by atoms with Gasteiger partial charge in [0.15, 0.2) is 0 Å². The highest BCUT2D eigenvalue weighted by atomic mass is 14.9. The Morgan fingerprint density at radius 2 is 1.79 bits per heavy atom. The average molecular weight is 250 g/mol. The predicted octanol–water partition coefficient (Wildman–Crippen LogP) is 4.34. The van der Waals surface area contributed by atoms with Crippen molar-refractivity contribution in [3.8, 4) is 0 Å². The fraction of sp³-hybridized carbons (Fsp3) is 0.176. The molecule has 3 rings (SSSR count).